The number of amides is 1. The quantitative estimate of drug-likeness (QED) is 0.745. The summed E-state index contributed by atoms with van der Waals surface area (Å²) in [6.07, 6.45) is 0.462. The van der Waals surface area contributed by atoms with Gasteiger partial charge in [0.1, 0.15) is 5.25 Å². The molecule has 0 N–H and O–H groups in total. The molecule has 0 bridgehead atoms. The number of benzene rings is 1. The van der Waals surface area contributed by atoms with E-state index < -0.39 is 15.5 Å². The molecule has 0 saturated carbocycles. The highest BCUT2D eigenvalue weighted by molar-refractivity contribution is 7.87. The molecule has 0 radical (unpaired) electrons. The summed E-state index contributed by atoms with van der Waals surface area (Å²) >= 11 is 0. The molecule has 0 aliphatic carbocycles. The molecule has 1 aliphatic heterocycles. The van der Waals surface area contributed by atoms with E-state index >= 15 is 0 Å². The SMILES string of the molecule is CN(CCCN1CC(S(=O)(=O)F)CC1=O)c1ccccc1. The Hall–Kier alpha value is -1.63. The van der Waals surface area contributed by atoms with Crippen molar-refractivity contribution >= 4 is 21.8 Å². The molecule has 1 aliphatic rings. The van der Waals surface area contributed by atoms with Gasteiger partial charge in [-0.3, -0.25) is 4.79 Å². The van der Waals surface area contributed by atoms with Crippen LogP contribution in [0.5, 0.6) is 0 Å². The van der Waals surface area contributed by atoms with Crippen LogP contribution in [0.25, 0.3) is 0 Å². The van der Waals surface area contributed by atoms with Gasteiger partial charge in [0.05, 0.1) is 0 Å². The lowest BCUT2D eigenvalue weighted by molar-refractivity contribution is -0.127. The molecule has 116 valence electrons. The smallest absolute Gasteiger partial charge is 0.307 e. The van der Waals surface area contributed by atoms with Crippen molar-refractivity contribution in [3.05, 3.63) is 30.3 Å². The van der Waals surface area contributed by atoms with Crippen LogP contribution in [0.1, 0.15) is 12.8 Å². The topological polar surface area (TPSA) is 57.7 Å². The Morgan fingerprint density at radius 2 is 2.00 bits per heavy atom. The first kappa shape index (κ1) is 15.8. The predicted octanol–water partition coefficient (Wildman–Crippen LogP) is 1.41. The van der Waals surface area contributed by atoms with Crippen molar-refractivity contribution in [2.45, 2.75) is 18.1 Å². The summed E-state index contributed by atoms with van der Waals surface area (Å²) in [4.78, 5) is 15.1. The first-order chi connectivity index (χ1) is 9.88. The molecule has 1 atom stereocenters. The Bertz CT molecular complexity index is 591. The van der Waals surface area contributed by atoms with Crippen LogP contribution in [0.3, 0.4) is 0 Å². The second-order valence-electron chi connectivity index (χ2n) is 5.25. The second kappa shape index (κ2) is 6.43. The number of nitrogens with zero attached hydrogens (tertiary/aromatic N) is 2. The van der Waals surface area contributed by atoms with E-state index in [2.05, 4.69) is 4.90 Å². The minimum absolute atomic E-state index is 0.0350. The Balaban J connectivity index is 1.80. The molecule has 5 nitrogen and oxygen atoms in total. The zero-order valence-corrected chi connectivity index (χ0v) is 12.7. The van der Waals surface area contributed by atoms with Crippen molar-refractivity contribution in [2.75, 3.05) is 31.6 Å². The average molecular weight is 314 g/mol. The average Bonchev–Trinajstić information content (AvgIpc) is 2.81. The van der Waals surface area contributed by atoms with E-state index in [4.69, 9.17) is 0 Å². The fourth-order valence-electron chi connectivity index (χ4n) is 2.45. The zero-order chi connectivity index (χ0) is 15.5. The minimum Gasteiger partial charge on any atom is -0.375 e. The minimum atomic E-state index is -4.63. The third-order valence-corrected chi connectivity index (χ3v) is 4.81. The monoisotopic (exact) mass is 314 g/mol. The Morgan fingerprint density at radius 3 is 2.57 bits per heavy atom. The van der Waals surface area contributed by atoms with Gasteiger partial charge >= 0.3 is 10.2 Å². The third kappa shape index (κ3) is 4.17. The lowest BCUT2D eigenvalue weighted by Crippen LogP contribution is -2.30. The van der Waals surface area contributed by atoms with E-state index in [1.807, 2.05) is 37.4 Å². The van der Waals surface area contributed by atoms with Crippen LogP contribution in [-0.2, 0) is 15.0 Å². The van der Waals surface area contributed by atoms with Gasteiger partial charge in [-0.1, -0.05) is 18.2 Å². The van der Waals surface area contributed by atoms with Crippen LogP contribution in [0.4, 0.5) is 9.57 Å². The van der Waals surface area contributed by atoms with Gasteiger partial charge in [-0.2, -0.15) is 8.42 Å². The predicted molar refractivity (Wildman–Crippen MR) is 79.3 cm³/mol. The summed E-state index contributed by atoms with van der Waals surface area (Å²) in [7, 11) is -2.67. The normalized spacial score (nSPS) is 19.0. The number of hydrogen-bond donors (Lipinski definition) is 0. The van der Waals surface area contributed by atoms with Gasteiger partial charge in [0.2, 0.25) is 5.91 Å². The van der Waals surface area contributed by atoms with Gasteiger partial charge in [0.25, 0.3) is 0 Å². The number of likely N-dealkylation sites (tertiary alicyclic amines) is 1. The maximum Gasteiger partial charge on any atom is 0.307 e. The van der Waals surface area contributed by atoms with Crippen molar-refractivity contribution in [3.63, 3.8) is 0 Å². The summed E-state index contributed by atoms with van der Waals surface area (Å²) < 4.78 is 34.6. The Morgan fingerprint density at radius 1 is 1.33 bits per heavy atom. The van der Waals surface area contributed by atoms with E-state index in [9.17, 15) is 17.1 Å². The van der Waals surface area contributed by atoms with Crippen LogP contribution in [-0.4, -0.2) is 51.2 Å². The summed E-state index contributed by atoms with van der Waals surface area (Å²) in [5, 5.41) is -1.20. The molecule has 1 saturated heterocycles. The van der Waals surface area contributed by atoms with Crippen molar-refractivity contribution in [3.8, 4) is 0 Å². The molecule has 1 unspecified atom stereocenters. The number of carbonyl (C=O) groups is 1. The fourth-order valence-corrected chi connectivity index (χ4v) is 3.15. The molecule has 1 aromatic rings. The fraction of sp³-hybridized carbons (Fsp3) is 0.500. The molecule has 0 aromatic heterocycles. The Kier molecular flexibility index (Phi) is 4.82. The van der Waals surface area contributed by atoms with Crippen LogP contribution in [0, 0.1) is 0 Å². The van der Waals surface area contributed by atoms with E-state index in [0.29, 0.717) is 13.0 Å². The summed E-state index contributed by atoms with van der Waals surface area (Å²) in [6.45, 7) is 1.15. The van der Waals surface area contributed by atoms with E-state index in [-0.39, 0.29) is 18.9 Å². The van der Waals surface area contributed by atoms with Gasteiger partial charge in [-0.05, 0) is 18.6 Å². The molecule has 1 amide bonds. The molecule has 1 heterocycles. The van der Waals surface area contributed by atoms with Crippen molar-refractivity contribution < 1.29 is 17.1 Å². The van der Waals surface area contributed by atoms with Crippen molar-refractivity contribution in [1.29, 1.82) is 0 Å². The molecule has 1 fully saturated rings. The number of para-hydroxylation sites is 1. The molecule has 2 rings (SSSR count). The van der Waals surface area contributed by atoms with Crippen LogP contribution in [0.2, 0.25) is 0 Å². The highest BCUT2D eigenvalue weighted by Crippen LogP contribution is 2.20. The number of halogens is 1. The highest BCUT2D eigenvalue weighted by Gasteiger charge is 2.37. The summed E-state index contributed by atoms with van der Waals surface area (Å²) in [5.74, 6) is -0.288. The van der Waals surface area contributed by atoms with Crippen LogP contribution in [0.15, 0.2) is 30.3 Å². The molecule has 7 heteroatoms. The second-order valence-corrected chi connectivity index (χ2v) is 6.87. The van der Waals surface area contributed by atoms with Crippen molar-refractivity contribution in [2.24, 2.45) is 0 Å². The molecular formula is C14H19FN2O3S. The highest BCUT2D eigenvalue weighted by atomic mass is 32.3. The van der Waals surface area contributed by atoms with Gasteiger partial charge in [-0.25, -0.2) is 0 Å². The summed E-state index contributed by atoms with van der Waals surface area (Å²) in [6, 6.07) is 9.83. The van der Waals surface area contributed by atoms with E-state index in [1.54, 1.807) is 0 Å². The van der Waals surface area contributed by atoms with Crippen LogP contribution >= 0.6 is 0 Å². The number of hydrogen-bond acceptors (Lipinski definition) is 4. The molecule has 1 aromatic carbocycles. The molecule has 0 spiro atoms. The lowest BCUT2D eigenvalue weighted by Gasteiger charge is -2.21. The van der Waals surface area contributed by atoms with E-state index in [1.165, 1.54) is 4.90 Å². The number of carbonyl (C=O) groups excluding carboxylic acids is 1. The lowest BCUT2D eigenvalue weighted by atomic mass is 10.3. The maximum atomic E-state index is 12.9. The van der Waals surface area contributed by atoms with Crippen molar-refractivity contribution in [1.82, 2.24) is 4.90 Å². The first-order valence-electron chi connectivity index (χ1n) is 6.85. The van der Waals surface area contributed by atoms with Crippen LogP contribution < -0.4 is 4.90 Å². The van der Waals surface area contributed by atoms with Gasteiger partial charge in [0.15, 0.2) is 0 Å². The van der Waals surface area contributed by atoms with Gasteiger partial charge in [-0.15, -0.1) is 3.89 Å². The maximum absolute atomic E-state index is 12.9. The summed E-state index contributed by atoms with van der Waals surface area (Å²) in [5.41, 5.74) is 1.08. The van der Waals surface area contributed by atoms with Gasteiger partial charge in [0, 0.05) is 38.8 Å². The Labute approximate surface area is 124 Å². The largest absolute Gasteiger partial charge is 0.375 e. The number of rotatable bonds is 6. The molecule has 21 heavy (non-hydrogen) atoms. The standard InChI is InChI=1S/C14H19FN2O3S/c1-16(12-6-3-2-4-7-12)8-5-9-17-11-13(10-14(17)18)21(15,19)20/h2-4,6-7,13H,5,8-11H2,1H3. The first-order valence-corrected chi connectivity index (χ1v) is 8.30. The van der Waals surface area contributed by atoms with E-state index in [0.717, 1.165) is 12.2 Å². The number of anilines is 1. The van der Waals surface area contributed by atoms with Gasteiger partial charge < -0.3 is 9.80 Å². The third-order valence-electron chi connectivity index (χ3n) is 3.70. The molecular weight excluding hydrogens is 295 g/mol. The zero-order valence-electron chi connectivity index (χ0n) is 11.9.